The molecule has 0 fully saturated rings. The molecule has 0 aliphatic rings. The third-order valence-electron chi connectivity index (χ3n) is 3.78. The van der Waals surface area contributed by atoms with Gasteiger partial charge in [-0.3, -0.25) is 9.11 Å². The summed E-state index contributed by atoms with van der Waals surface area (Å²) in [5, 5.41) is 0. The number of hydrogen-bond acceptors (Lipinski definition) is 4. The monoisotopic (exact) mass is 385 g/mol. The van der Waals surface area contributed by atoms with Crippen LogP contribution in [0.25, 0.3) is 0 Å². The molecule has 0 aromatic rings. The second kappa shape index (κ2) is 23.8. The Balaban J connectivity index is -0.000000704. The molecule has 0 radical (unpaired) electrons. The molecule has 5 N–H and O–H groups in total. The van der Waals surface area contributed by atoms with Crippen LogP contribution in [-0.4, -0.2) is 30.7 Å². The first kappa shape index (κ1) is 29.5. The van der Waals surface area contributed by atoms with E-state index in [-0.39, 0.29) is 6.15 Å². The van der Waals surface area contributed by atoms with Crippen LogP contribution in [0.15, 0.2) is 0 Å². The van der Waals surface area contributed by atoms with E-state index in [0.717, 1.165) is 13.2 Å². The summed E-state index contributed by atoms with van der Waals surface area (Å²) in [7, 11) is -4.67. The largest absolute Gasteiger partial charge is 0.394 e. The molecule has 0 spiro atoms. The van der Waals surface area contributed by atoms with Crippen molar-refractivity contribution in [1.82, 2.24) is 6.15 Å². The zero-order valence-electron chi connectivity index (χ0n) is 16.5. The van der Waals surface area contributed by atoms with Crippen LogP contribution in [0.2, 0.25) is 0 Å². The van der Waals surface area contributed by atoms with E-state index in [1.807, 2.05) is 0 Å². The van der Waals surface area contributed by atoms with E-state index >= 15 is 0 Å². The highest BCUT2D eigenvalue weighted by Gasteiger charge is 1.93. The average molecular weight is 386 g/mol. The topological polar surface area (TPSA) is 119 Å². The van der Waals surface area contributed by atoms with Crippen LogP contribution in [0, 0.1) is 0 Å². The molecule has 0 amide bonds. The van der Waals surface area contributed by atoms with E-state index in [0.29, 0.717) is 0 Å². The van der Waals surface area contributed by atoms with Crippen LogP contribution in [0.1, 0.15) is 104 Å². The van der Waals surface area contributed by atoms with Crippen LogP contribution >= 0.6 is 0 Å². The van der Waals surface area contributed by atoms with Gasteiger partial charge < -0.3 is 10.9 Å². The van der Waals surface area contributed by atoms with Crippen molar-refractivity contribution in [2.24, 2.45) is 0 Å². The highest BCUT2D eigenvalue weighted by molar-refractivity contribution is 7.79. The van der Waals surface area contributed by atoms with Crippen LogP contribution in [0.4, 0.5) is 0 Å². The molecule has 0 saturated heterocycles. The first-order valence-electron chi connectivity index (χ1n) is 9.69. The summed E-state index contributed by atoms with van der Waals surface area (Å²) in [5.41, 5.74) is 0. The molecule has 25 heavy (non-hydrogen) atoms. The number of unbranched alkanes of at least 4 members (excludes halogenated alkanes) is 12. The summed E-state index contributed by atoms with van der Waals surface area (Å²) in [4.78, 5) is 0. The van der Waals surface area contributed by atoms with Gasteiger partial charge in [0.1, 0.15) is 0 Å². The molecular weight excluding hydrogens is 342 g/mol. The Morgan fingerprint density at radius 3 is 1.12 bits per heavy atom. The maximum absolute atomic E-state index is 8.74. The fraction of sp³-hybridized carbons (Fsp3) is 1.00. The first-order valence-corrected chi connectivity index (χ1v) is 11.1. The van der Waals surface area contributed by atoms with Gasteiger partial charge in [-0.1, -0.05) is 90.9 Å². The molecule has 0 aromatic heterocycles. The van der Waals surface area contributed by atoms with Gasteiger partial charge in [0.15, 0.2) is 0 Å². The summed E-state index contributed by atoms with van der Waals surface area (Å²) in [6, 6.07) is 0. The molecule has 6 nitrogen and oxygen atoms in total. The summed E-state index contributed by atoms with van der Waals surface area (Å²) < 4.78 is 37.3. The molecule has 0 heterocycles. The van der Waals surface area contributed by atoms with E-state index in [4.69, 9.17) is 22.3 Å². The summed E-state index contributed by atoms with van der Waals surface area (Å²) in [5.74, 6) is 0. The van der Waals surface area contributed by atoms with Crippen molar-refractivity contribution in [3.63, 3.8) is 0 Å². The van der Waals surface area contributed by atoms with Crippen molar-refractivity contribution >= 4 is 10.4 Å². The van der Waals surface area contributed by atoms with Crippen LogP contribution in [0.5, 0.6) is 0 Å². The Morgan fingerprint density at radius 1 is 0.600 bits per heavy atom. The summed E-state index contributed by atoms with van der Waals surface area (Å²) >= 11 is 0. The minimum Gasteiger partial charge on any atom is -0.381 e. The second-order valence-electron chi connectivity index (χ2n) is 6.30. The highest BCUT2D eigenvalue weighted by atomic mass is 32.3. The fourth-order valence-electron chi connectivity index (χ4n) is 2.42. The van der Waals surface area contributed by atoms with E-state index in [2.05, 4.69) is 13.8 Å². The number of rotatable bonds is 16. The maximum Gasteiger partial charge on any atom is 0.394 e. The van der Waals surface area contributed by atoms with Gasteiger partial charge in [0.2, 0.25) is 0 Å². The SMILES string of the molecule is CCCCCCCCCCOCCCCCCCC.N.O=S(=O)(O)O. The van der Waals surface area contributed by atoms with Crippen molar-refractivity contribution < 1.29 is 22.3 Å². The number of hydrogen-bond donors (Lipinski definition) is 3. The molecule has 0 aromatic carbocycles. The molecule has 0 unspecified atom stereocenters. The van der Waals surface area contributed by atoms with Crippen molar-refractivity contribution in [1.29, 1.82) is 0 Å². The normalized spacial score (nSPS) is 10.7. The molecule has 7 heteroatoms. The molecule has 0 aliphatic heterocycles. The Morgan fingerprint density at radius 2 is 0.840 bits per heavy atom. The zero-order chi connectivity index (χ0) is 18.5. The maximum atomic E-state index is 8.74. The van der Waals surface area contributed by atoms with Crippen molar-refractivity contribution in [3.8, 4) is 0 Å². The zero-order valence-corrected chi connectivity index (χ0v) is 17.4. The van der Waals surface area contributed by atoms with E-state index in [1.165, 1.54) is 89.9 Å². The molecule has 0 saturated carbocycles. The molecule has 0 bridgehead atoms. The lowest BCUT2D eigenvalue weighted by Gasteiger charge is -2.04. The van der Waals surface area contributed by atoms with Gasteiger partial charge in [-0.15, -0.1) is 0 Å². The Hall–Kier alpha value is -0.210. The smallest absolute Gasteiger partial charge is 0.381 e. The summed E-state index contributed by atoms with van der Waals surface area (Å²) in [6.07, 6.45) is 19.3. The van der Waals surface area contributed by atoms with Gasteiger partial charge >= 0.3 is 10.4 Å². The quantitative estimate of drug-likeness (QED) is 0.221. The summed E-state index contributed by atoms with van der Waals surface area (Å²) in [6.45, 7) is 6.53. The Labute approximate surface area is 156 Å². The molecule has 0 rings (SSSR count). The molecule has 0 atom stereocenters. The fourth-order valence-corrected chi connectivity index (χ4v) is 2.42. The van der Waals surface area contributed by atoms with Gasteiger partial charge in [-0.2, -0.15) is 8.42 Å². The molecule has 156 valence electrons. The predicted molar refractivity (Wildman–Crippen MR) is 106 cm³/mol. The van der Waals surface area contributed by atoms with Crippen molar-refractivity contribution in [3.05, 3.63) is 0 Å². The lowest BCUT2D eigenvalue weighted by molar-refractivity contribution is 0.125. The number of ether oxygens (including phenoxy) is 1. The standard InChI is InChI=1S/C18H38O.H3N.H2O4S/c1-3-5-7-9-11-12-14-16-18-19-17-15-13-10-8-6-4-2;;1-5(2,3)4/h3-18H2,1-2H3;1H3;(H2,1,2,3,4). The van der Waals surface area contributed by atoms with Crippen LogP contribution in [0.3, 0.4) is 0 Å². The lowest BCUT2D eigenvalue weighted by atomic mass is 10.1. The van der Waals surface area contributed by atoms with Gasteiger partial charge in [0, 0.05) is 13.2 Å². The van der Waals surface area contributed by atoms with Crippen LogP contribution in [-0.2, 0) is 15.1 Å². The van der Waals surface area contributed by atoms with Gasteiger partial charge in [-0.25, -0.2) is 0 Å². The average Bonchev–Trinajstić information content (AvgIpc) is 2.49. The van der Waals surface area contributed by atoms with E-state index in [9.17, 15) is 0 Å². The second-order valence-corrected chi connectivity index (χ2v) is 7.20. The molecular formula is C18H43NO5S. The third kappa shape index (κ3) is 45.3. The van der Waals surface area contributed by atoms with Crippen molar-refractivity contribution in [2.45, 2.75) is 104 Å². The van der Waals surface area contributed by atoms with Gasteiger partial charge in [0.05, 0.1) is 0 Å². The predicted octanol–water partition coefficient (Wildman–Crippen LogP) is 6.01. The van der Waals surface area contributed by atoms with Crippen LogP contribution < -0.4 is 6.15 Å². The molecule has 0 aliphatic carbocycles. The van der Waals surface area contributed by atoms with Crippen molar-refractivity contribution in [2.75, 3.05) is 13.2 Å². The van der Waals surface area contributed by atoms with Gasteiger partial charge in [0.25, 0.3) is 0 Å². The minimum atomic E-state index is -4.67. The highest BCUT2D eigenvalue weighted by Crippen LogP contribution is 2.09. The van der Waals surface area contributed by atoms with E-state index in [1.54, 1.807) is 0 Å². The lowest BCUT2D eigenvalue weighted by Crippen LogP contribution is -1.97. The Kier molecular flexibility index (Phi) is 28.1. The Bertz CT molecular complexity index is 299. The third-order valence-corrected chi connectivity index (χ3v) is 3.78. The minimum absolute atomic E-state index is 0. The van der Waals surface area contributed by atoms with Gasteiger partial charge in [-0.05, 0) is 12.8 Å². The van der Waals surface area contributed by atoms with E-state index < -0.39 is 10.4 Å². The first-order chi connectivity index (χ1) is 11.4.